The normalized spacial score (nSPS) is 13.3. The highest BCUT2D eigenvalue weighted by Crippen LogP contribution is 2.31. The Morgan fingerprint density at radius 2 is 1.56 bits per heavy atom. The van der Waals surface area contributed by atoms with Crippen molar-refractivity contribution in [2.45, 2.75) is 19.3 Å². The van der Waals surface area contributed by atoms with Crippen molar-refractivity contribution < 1.29 is 9.59 Å². The van der Waals surface area contributed by atoms with E-state index in [9.17, 15) is 9.59 Å². The highest BCUT2D eigenvalue weighted by Gasteiger charge is 2.30. The molecular weight excluding hydrogens is 336 g/mol. The molecule has 0 radical (unpaired) electrons. The summed E-state index contributed by atoms with van der Waals surface area (Å²) in [5, 5.41) is 7.92. The number of anilines is 1. The van der Waals surface area contributed by atoms with E-state index in [2.05, 4.69) is 10.6 Å². The van der Waals surface area contributed by atoms with Crippen LogP contribution in [0.4, 0.5) is 5.69 Å². The van der Waals surface area contributed by atoms with Crippen molar-refractivity contribution in [1.29, 1.82) is 0 Å². The summed E-state index contributed by atoms with van der Waals surface area (Å²) in [4.78, 5) is 25.0. The number of nitrogens with one attached hydrogen (secondary N) is 2. The molecule has 0 aromatic heterocycles. The number of carbonyl (C=O) groups excluding carboxylic acids is 2. The van der Waals surface area contributed by atoms with Crippen molar-refractivity contribution >= 4 is 28.3 Å². The Labute approximate surface area is 158 Å². The molecule has 1 aliphatic rings. The van der Waals surface area contributed by atoms with Crippen LogP contribution in [0.1, 0.15) is 28.8 Å². The second-order valence-electron chi connectivity index (χ2n) is 7.00. The van der Waals surface area contributed by atoms with Crippen LogP contribution in [0.15, 0.2) is 66.7 Å². The predicted molar refractivity (Wildman–Crippen MR) is 108 cm³/mol. The molecule has 2 N–H and O–H groups in total. The van der Waals surface area contributed by atoms with Gasteiger partial charge in [0.1, 0.15) is 0 Å². The Balaban J connectivity index is 1.54. The van der Waals surface area contributed by atoms with E-state index in [1.165, 1.54) is 5.56 Å². The summed E-state index contributed by atoms with van der Waals surface area (Å²) in [6.07, 6.45) is 2.62. The molecule has 1 saturated carbocycles. The largest absolute Gasteiger partial charge is 0.352 e. The van der Waals surface area contributed by atoms with Gasteiger partial charge < -0.3 is 10.6 Å². The molecule has 3 aromatic carbocycles. The molecule has 0 atom stereocenters. The van der Waals surface area contributed by atoms with Crippen LogP contribution >= 0.6 is 0 Å². The fourth-order valence-electron chi connectivity index (χ4n) is 3.17. The number of hydrogen-bond acceptors (Lipinski definition) is 2. The lowest BCUT2D eigenvalue weighted by molar-refractivity contribution is -0.117. The van der Waals surface area contributed by atoms with Crippen LogP contribution in [0.3, 0.4) is 0 Å². The summed E-state index contributed by atoms with van der Waals surface area (Å²) >= 11 is 0. The van der Waals surface area contributed by atoms with Gasteiger partial charge in [-0.05, 0) is 47.7 Å². The maximum absolute atomic E-state index is 12.8. The van der Waals surface area contributed by atoms with Gasteiger partial charge in [-0.2, -0.15) is 0 Å². The average Bonchev–Trinajstić information content (AvgIpc) is 3.53. The number of rotatable bonds is 6. The standard InChI is InChI=1S/C23H22N2O2/c26-22(17-10-11-17)25-21-15-19-9-5-4-8-18(19)14-20(21)23(27)24-13-12-16-6-2-1-3-7-16/h1-9,14-15,17H,10-13H2,(H,24,27)(H,25,26). The Morgan fingerprint density at radius 1 is 0.889 bits per heavy atom. The molecule has 4 heteroatoms. The second kappa shape index (κ2) is 7.62. The Bertz CT molecular complexity index is 978. The zero-order valence-corrected chi connectivity index (χ0v) is 15.1. The van der Waals surface area contributed by atoms with Gasteiger partial charge in [0.05, 0.1) is 11.3 Å². The monoisotopic (exact) mass is 358 g/mol. The second-order valence-corrected chi connectivity index (χ2v) is 7.00. The summed E-state index contributed by atoms with van der Waals surface area (Å²) in [6.45, 7) is 0.547. The third-order valence-corrected chi connectivity index (χ3v) is 4.88. The van der Waals surface area contributed by atoms with Gasteiger partial charge in [0.25, 0.3) is 5.91 Å². The van der Waals surface area contributed by atoms with E-state index >= 15 is 0 Å². The molecule has 0 heterocycles. The van der Waals surface area contributed by atoms with Gasteiger partial charge in [0, 0.05) is 12.5 Å². The first-order valence-electron chi connectivity index (χ1n) is 9.36. The molecule has 0 saturated heterocycles. The topological polar surface area (TPSA) is 58.2 Å². The maximum atomic E-state index is 12.8. The number of fused-ring (bicyclic) bond motifs is 1. The third-order valence-electron chi connectivity index (χ3n) is 4.88. The minimum absolute atomic E-state index is 0.00335. The van der Waals surface area contributed by atoms with Crippen molar-refractivity contribution in [1.82, 2.24) is 5.32 Å². The molecule has 3 aromatic rings. The van der Waals surface area contributed by atoms with E-state index < -0.39 is 0 Å². The van der Waals surface area contributed by atoms with Crippen LogP contribution in [0.25, 0.3) is 10.8 Å². The quantitative estimate of drug-likeness (QED) is 0.695. The van der Waals surface area contributed by atoms with Crippen molar-refractivity contribution in [2.24, 2.45) is 5.92 Å². The van der Waals surface area contributed by atoms with E-state index in [1.807, 2.05) is 66.7 Å². The molecule has 0 spiro atoms. The Kier molecular flexibility index (Phi) is 4.88. The third kappa shape index (κ3) is 4.17. The summed E-state index contributed by atoms with van der Waals surface area (Å²) in [5.74, 6) is -0.0724. The Morgan fingerprint density at radius 3 is 2.26 bits per heavy atom. The zero-order valence-electron chi connectivity index (χ0n) is 15.1. The van der Waals surface area contributed by atoms with Crippen LogP contribution in [0.2, 0.25) is 0 Å². The lowest BCUT2D eigenvalue weighted by atomic mass is 10.0. The van der Waals surface area contributed by atoms with E-state index in [0.717, 1.165) is 30.0 Å². The van der Waals surface area contributed by atoms with Crippen LogP contribution in [-0.2, 0) is 11.2 Å². The van der Waals surface area contributed by atoms with Gasteiger partial charge in [-0.15, -0.1) is 0 Å². The summed E-state index contributed by atoms with van der Waals surface area (Å²) in [5.41, 5.74) is 2.28. The minimum atomic E-state index is -0.164. The lowest BCUT2D eigenvalue weighted by Gasteiger charge is -2.13. The smallest absolute Gasteiger partial charge is 0.253 e. The summed E-state index contributed by atoms with van der Waals surface area (Å²) in [6, 6.07) is 21.7. The molecule has 4 nitrogen and oxygen atoms in total. The summed E-state index contributed by atoms with van der Waals surface area (Å²) < 4.78 is 0. The number of amides is 2. The fourth-order valence-corrected chi connectivity index (χ4v) is 3.17. The van der Waals surface area contributed by atoms with E-state index in [0.29, 0.717) is 17.8 Å². The molecular formula is C23H22N2O2. The molecule has 27 heavy (non-hydrogen) atoms. The molecule has 1 fully saturated rings. The molecule has 0 bridgehead atoms. The number of hydrogen-bond donors (Lipinski definition) is 2. The predicted octanol–water partition coefficient (Wildman–Crippen LogP) is 4.16. The molecule has 4 rings (SSSR count). The lowest BCUT2D eigenvalue weighted by Crippen LogP contribution is -2.27. The van der Waals surface area contributed by atoms with Crippen LogP contribution in [-0.4, -0.2) is 18.4 Å². The molecule has 0 aliphatic heterocycles. The highest BCUT2D eigenvalue weighted by atomic mass is 16.2. The molecule has 1 aliphatic carbocycles. The van der Waals surface area contributed by atoms with Crippen LogP contribution < -0.4 is 10.6 Å². The summed E-state index contributed by atoms with van der Waals surface area (Å²) in [7, 11) is 0. The molecule has 0 unspecified atom stereocenters. The van der Waals surface area contributed by atoms with E-state index in [4.69, 9.17) is 0 Å². The molecule has 2 amide bonds. The van der Waals surface area contributed by atoms with Gasteiger partial charge >= 0.3 is 0 Å². The van der Waals surface area contributed by atoms with Crippen LogP contribution in [0.5, 0.6) is 0 Å². The van der Waals surface area contributed by atoms with Gasteiger partial charge in [0.2, 0.25) is 5.91 Å². The number of carbonyl (C=O) groups is 2. The average molecular weight is 358 g/mol. The zero-order chi connectivity index (χ0) is 18.6. The molecule has 136 valence electrons. The van der Waals surface area contributed by atoms with E-state index in [-0.39, 0.29) is 17.7 Å². The van der Waals surface area contributed by atoms with Crippen molar-refractivity contribution in [2.75, 3.05) is 11.9 Å². The first-order chi connectivity index (χ1) is 13.2. The first kappa shape index (κ1) is 17.3. The van der Waals surface area contributed by atoms with Crippen LogP contribution in [0, 0.1) is 5.92 Å². The minimum Gasteiger partial charge on any atom is -0.352 e. The van der Waals surface area contributed by atoms with Crippen molar-refractivity contribution in [3.63, 3.8) is 0 Å². The van der Waals surface area contributed by atoms with E-state index in [1.54, 1.807) is 0 Å². The maximum Gasteiger partial charge on any atom is 0.253 e. The van der Waals surface area contributed by atoms with Gasteiger partial charge in [0.15, 0.2) is 0 Å². The first-order valence-corrected chi connectivity index (χ1v) is 9.36. The van der Waals surface area contributed by atoms with Gasteiger partial charge in [-0.3, -0.25) is 9.59 Å². The van der Waals surface area contributed by atoms with Crippen molar-refractivity contribution in [3.05, 3.63) is 77.9 Å². The number of benzene rings is 3. The Hall–Kier alpha value is -3.14. The van der Waals surface area contributed by atoms with Crippen molar-refractivity contribution in [3.8, 4) is 0 Å². The SMILES string of the molecule is O=C(NCCc1ccccc1)c1cc2ccccc2cc1NC(=O)C1CC1. The van der Waals surface area contributed by atoms with Gasteiger partial charge in [-0.25, -0.2) is 0 Å². The highest BCUT2D eigenvalue weighted by molar-refractivity contribution is 6.08. The fraction of sp³-hybridized carbons (Fsp3) is 0.217. The van der Waals surface area contributed by atoms with Gasteiger partial charge in [-0.1, -0.05) is 54.6 Å².